The summed E-state index contributed by atoms with van der Waals surface area (Å²) in [4.78, 5) is 8.08. The van der Waals surface area contributed by atoms with Crippen molar-refractivity contribution in [3.63, 3.8) is 0 Å². The molecule has 0 amide bonds. The first-order valence-electron chi connectivity index (χ1n) is 4.51. The van der Waals surface area contributed by atoms with E-state index in [0.717, 1.165) is 5.69 Å². The molecule has 0 spiro atoms. The first-order valence-corrected chi connectivity index (χ1v) is 5.27. The lowest BCUT2D eigenvalue weighted by Gasteiger charge is -2.03. The van der Waals surface area contributed by atoms with Crippen molar-refractivity contribution in [1.82, 2.24) is 19.7 Å². The molecule has 0 saturated heterocycles. The van der Waals surface area contributed by atoms with Crippen LogP contribution in [0.25, 0.3) is 5.95 Å². The summed E-state index contributed by atoms with van der Waals surface area (Å²) in [5, 5.41) is 5.06. The zero-order valence-corrected chi connectivity index (χ0v) is 10.2. The molecular formula is C9H9Cl2N5. The van der Waals surface area contributed by atoms with Crippen LogP contribution in [0.3, 0.4) is 0 Å². The van der Waals surface area contributed by atoms with Gasteiger partial charge in [0.2, 0.25) is 0 Å². The van der Waals surface area contributed by atoms with Crippen molar-refractivity contribution in [2.24, 2.45) is 0 Å². The van der Waals surface area contributed by atoms with Gasteiger partial charge in [-0.1, -0.05) is 23.2 Å². The van der Waals surface area contributed by atoms with E-state index in [1.165, 1.54) is 10.7 Å². The molecule has 0 saturated carbocycles. The van der Waals surface area contributed by atoms with Gasteiger partial charge in [-0.3, -0.25) is 0 Å². The number of rotatable bonds is 1. The van der Waals surface area contributed by atoms with Crippen molar-refractivity contribution in [3.05, 3.63) is 27.6 Å². The molecule has 0 aliphatic heterocycles. The van der Waals surface area contributed by atoms with E-state index < -0.39 is 0 Å². The first-order chi connectivity index (χ1) is 7.49. The third-order valence-corrected chi connectivity index (χ3v) is 2.84. The molecule has 0 bridgehead atoms. The highest BCUT2D eigenvalue weighted by Crippen LogP contribution is 2.21. The van der Waals surface area contributed by atoms with Crippen LogP contribution in [0, 0.1) is 13.8 Å². The minimum Gasteiger partial charge on any atom is -0.383 e. The number of hydrogen-bond donors (Lipinski definition) is 1. The Bertz CT molecular complexity index is 529. The van der Waals surface area contributed by atoms with Crippen molar-refractivity contribution >= 4 is 29.0 Å². The zero-order chi connectivity index (χ0) is 11.9. The van der Waals surface area contributed by atoms with Gasteiger partial charge in [0.25, 0.3) is 5.95 Å². The summed E-state index contributed by atoms with van der Waals surface area (Å²) in [5.74, 6) is 0.608. The molecule has 0 atom stereocenters. The molecule has 84 valence electrons. The van der Waals surface area contributed by atoms with E-state index in [9.17, 15) is 0 Å². The molecule has 2 rings (SSSR count). The van der Waals surface area contributed by atoms with E-state index in [1.807, 2.05) is 6.92 Å². The standard InChI is InChI=1S/C9H9Cl2N5/c1-4-8(11)5(2)16(15-4)9-13-6(10)3-7(12)14-9/h3H,1-2H3,(H2,12,13,14). The summed E-state index contributed by atoms with van der Waals surface area (Å²) in [5.41, 5.74) is 7.04. The molecule has 2 aromatic heterocycles. The maximum absolute atomic E-state index is 6.02. The van der Waals surface area contributed by atoms with Crippen LogP contribution in [0.4, 0.5) is 5.82 Å². The fourth-order valence-corrected chi connectivity index (χ4v) is 1.64. The van der Waals surface area contributed by atoms with E-state index in [-0.39, 0.29) is 5.15 Å². The van der Waals surface area contributed by atoms with Crippen molar-refractivity contribution in [2.45, 2.75) is 13.8 Å². The summed E-state index contributed by atoms with van der Waals surface area (Å²) in [6.07, 6.45) is 0. The van der Waals surface area contributed by atoms with Crippen LogP contribution in [0.2, 0.25) is 10.2 Å². The van der Waals surface area contributed by atoms with Gasteiger partial charge >= 0.3 is 0 Å². The topological polar surface area (TPSA) is 69.6 Å². The van der Waals surface area contributed by atoms with E-state index in [0.29, 0.717) is 22.5 Å². The Kier molecular flexibility index (Phi) is 2.73. The Hall–Kier alpha value is -1.33. The third-order valence-electron chi connectivity index (χ3n) is 2.10. The minimum absolute atomic E-state index is 0.270. The molecule has 2 N–H and O–H groups in total. The largest absolute Gasteiger partial charge is 0.383 e. The van der Waals surface area contributed by atoms with Crippen molar-refractivity contribution in [1.29, 1.82) is 0 Å². The van der Waals surface area contributed by atoms with Crippen molar-refractivity contribution in [3.8, 4) is 5.95 Å². The molecule has 0 aliphatic rings. The summed E-state index contributed by atoms with van der Waals surface area (Å²) in [6, 6.07) is 1.47. The summed E-state index contributed by atoms with van der Waals surface area (Å²) >= 11 is 11.8. The predicted octanol–water partition coefficient (Wildman–Crippen LogP) is 2.17. The smallest absolute Gasteiger partial charge is 0.254 e. The number of hydrogen-bond acceptors (Lipinski definition) is 4. The fraction of sp³-hybridized carbons (Fsp3) is 0.222. The lowest BCUT2D eigenvalue weighted by Crippen LogP contribution is -2.07. The molecule has 0 fully saturated rings. The highest BCUT2D eigenvalue weighted by Gasteiger charge is 2.13. The Morgan fingerprint density at radius 1 is 1.25 bits per heavy atom. The molecular weight excluding hydrogens is 249 g/mol. The minimum atomic E-state index is 0.270. The number of nitrogens with two attached hydrogens (primary N) is 1. The highest BCUT2D eigenvalue weighted by atomic mass is 35.5. The van der Waals surface area contributed by atoms with Crippen LogP contribution in [0.15, 0.2) is 6.07 Å². The monoisotopic (exact) mass is 257 g/mol. The molecule has 5 nitrogen and oxygen atoms in total. The number of nitrogens with zero attached hydrogens (tertiary/aromatic N) is 4. The number of anilines is 1. The van der Waals surface area contributed by atoms with Crippen LogP contribution in [0.1, 0.15) is 11.4 Å². The molecule has 0 aromatic carbocycles. The third kappa shape index (κ3) is 1.83. The van der Waals surface area contributed by atoms with E-state index >= 15 is 0 Å². The van der Waals surface area contributed by atoms with Gasteiger partial charge in [-0.2, -0.15) is 15.1 Å². The average Bonchev–Trinajstić information content (AvgIpc) is 2.44. The Balaban J connectivity index is 2.62. The van der Waals surface area contributed by atoms with Gasteiger partial charge in [-0.25, -0.2) is 4.68 Å². The van der Waals surface area contributed by atoms with E-state index in [2.05, 4.69) is 15.1 Å². The van der Waals surface area contributed by atoms with Gasteiger partial charge in [0.1, 0.15) is 11.0 Å². The fourth-order valence-electron chi connectivity index (χ4n) is 1.34. The molecule has 2 heterocycles. The molecule has 0 radical (unpaired) electrons. The highest BCUT2D eigenvalue weighted by molar-refractivity contribution is 6.31. The number of halogens is 2. The molecule has 7 heteroatoms. The Morgan fingerprint density at radius 2 is 1.94 bits per heavy atom. The normalized spacial score (nSPS) is 10.8. The lowest BCUT2D eigenvalue weighted by atomic mass is 10.4. The summed E-state index contributed by atoms with van der Waals surface area (Å²) in [6.45, 7) is 3.63. The maximum atomic E-state index is 6.02. The summed E-state index contributed by atoms with van der Waals surface area (Å²) in [7, 11) is 0. The molecule has 0 unspecified atom stereocenters. The Morgan fingerprint density at radius 3 is 2.44 bits per heavy atom. The number of aromatic nitrogens is 4. The second-order valence-electron chi connectivity index (χ2n) is 3.31. The van der Waals surface area contributed by atoms with Crippen LogP contribution in [-0.4, -0.2) is 19.7 Å². The van der Waals surface area contributed by atoms with Crippen molar-refractivity contribution < 1.29 is 0 Å². The molecule has 16 heavy (non-hydrogen) atoms. The average molecular weight is 258 g/mol. The second-order valence-corrected chi connectivity index (χ2v) is 4.08. The molecule has 2 aromatic rings. The summed E-state index contributed by atoms with van der Waals surface area (Å²) < 4.78 is 1.51. The SMILES string of the molecule is Cc1nn(-c2nc(N)cc(Cl)n2)c(C)c1Cl. The van der Waals surface area contributed by atoms with Crippen LogP contribution in [0.5, 0.6) is 0 Å². The maximum Gasteiger partial charge on any atom is 0.254 e. The molecule has 0 aliphatic carbocycles. The lowest BCUT2D eigenvalue weighted by molar-refractivity contribution is 0.776. The van der Waals surface area contributed by atoms with Gasteiger partial charge in [0.15, 0.2) is 0 Å². The number of aryl methyl sites for hydroxylation is 1. The second kappa shape index (κ2) is 3.92. The van der Waals surface area contributed by atoms with Gasteiger partial charge in [0, 0.05) is 6.07 Å². The van der Waals surface area contributed by atoms with Gasteiger partial charge in [-0.05, 0) is 13.8 Å². The van der Waals surface area contributed by atoms with Gasteiger partial charge in [-0.15, -0.1) is 0 Å². The first kappa shape index (κ1) is 11.2. The van der Waals surface area contributed by atoms with Gasteiger partial charge in [0.05, 0.1) is 16.4 Å². The quantitative estimate of drug-likeness (QED) is 0.796. The number of nitrogen functional groups attached to an aromatic ring is 1. The Labute approximate surface area is 102 Å². The predicted molar refractivity (Wildman–Crippen MR) is 63.1 cm³/mol. The van der Waals surface area contributed by atoms with Crippen molar-refractivity contribution in [2.75, 3.05) is 5.73 Å². The van der Waals surface area contributed by atoms with E-state index in [4.69, 9.17) is 28.9 Å². The van der Waals surface area contributed by atoms with Crippen LogP contribution in [-0.2, 0) is 0 Å². The zero-order valence-electron chi connectivity index (χ0n) is 8.70. The van der Waals surface area contributed by atoms with Crippen LogP contribution < -0.4 is 5.73 Å². The van der Waals surface area contributed by atoms with Gasteiger partial charge < -0.3 is 5.73 Å². The van der Waals surface area contributed by atoms with Crippen LogP contribution >= 0.6 is 23.2 Å². The van der Waals surface area contributed by atoms with E-state index in [1.54, 1.807) is 6.92 Å².